The van der Waals surface area contributed by atoms with Gasteiger partial charge in [0.05, 0.1) is 13.2 Å². The van der Waals surface area contributed by atoms with Crippen molar-refractivity contribution < 1.29 is 13.6 Å². The third kappa shape index (κ3) is 15.9. The Morgan fingerprint density at radius 2 is 0.958 bits per heavy atom. The molecule has 3 nitrogen and oxygen atoms in total. The average Bonchev–Trinajstić information content (AvgIpc) is 2.59. The molecule has 0 N–H and O–H groups in total. The van der Waals surface area contributed by atoms with E-state index in [9.17, 15) is 4.57 Å². The quantitative estimate of drug-likeness (QED) is 0.129. The molecule has 0 fully saturated rings. The van der Waals surface area contributed by atoms with Gasteiger partial charge in [-0.15, -0.1) is 11.6 Å². The predicted octanol–water partition coefficient (Wildman–Crippen LogP) is 7.91. The van der Waals surface area contributed by atoms with Crippen LogP contribution in [0.2, 0.25) is 0 Å². The standard InChI is InChI=1S/C19H40ClO3P/c1-3-5-7-9-11-13-15-17-22-24(21,19-20)23-18-16-14-12-10-8-6-4-2/h3-19H2,1-2H3. The molecule has 0 radical (unpaired) electrons. The number of halogens is 1. The Hall–Kier alpha value is 0.440. The van der Waals surface area contributed by atoms with Gasteiger partial charge in [0.15, 0.2) is 0 Å². The van der Waals surface area contributed by atoms with Crippen molar-refractivity contribution in [2.75, 3.05) is 18.8 Å². The number of hydrogen-bond acceptors (Lipinski definition) is 3. The summed E-state index contributed by atoms with van der Waals surface area (Å²) < 4.78 is 23.3. The molecule has 0 aromatic rings. The Labute approximate surface area is 155 Å². The lowest BCUT2D eigenvalue weighted by molar-refractivity contribution is 0.201. The number of hydrogen-bond donors (Lipinski definition) is 0. The molecule has 0 spiro atoms. The molecular weight excluding hydrogens is 343 g/mol. The SMILES string of the molecule is CCCCCCCCCOP(=O)(CCl)OCCCCCCCCC. The maximum Gasteiger partial charge on any atom is 0.345 e. The molecule has 0 aromatic heterocycles. The number of alkyl halides is 1. The Morgan fingerprint density at radius 1 is 0.625 bits per heavy atom. The van der Waals surface area contributed by atoms with Crippen LogP contribution in [0.25, 0.3) is 0 Å². The molecule has 0 unspecified atom stereocenters. The minimum atomic E-state index is -3.07. The van der Waals surface area contributed by atoms with Gasteiger partial charge >= 0.3 is 7.60 Å². The van der Waals surface area contributed by atoms with Crippen LogP contribution in [0, 0.1) is 0 Å². The van der Waals surface area contributed by atoms with Crippen LogP contribution in [-0.4, -0.2) is 18.8 Å². The maximum absolute atomic E-state index is 12.4. The molecule has 0 bridgehead atoms. The third-order valence-corrected chi connectivity index (χ3v) is 6.54. The van der Waals surface area contributed by atoms with Crippen LogP contribution in [0.1, 0.15) is 104 Å². The normalized spacial score (nSPS) is 12.0. The summed E-state index contributed by atoms with van der Waals surface area (Å²) >= 11 is 5.79. The van der Waals surface area contributed by atoms with Crippen molar-refractivity contribution in [1.29, 1.82) is 0 Å². The highest BCUT2D eigenvalue weighted by Gasteiger charge is 2.22. The molecule has 0 saturated heterocycles. The summed E-state index contributed by atoms with van der Waals surface area (Å²) in [5, 5.41) is 0. The molecule has 0 rings (SSSR count). The van der Waals surface area contributed by atoms with Crippen LogP contribution < -0.4 is 0 Å². The molecular formula is C19H40ClO3P. The lowest BCUT2D eigenvalue weighted by Gasteiger charge is -2.16. The third-order valence-electron chi connectivity index (χ3n) is 4.22. The first kappa shape index (κ1) is 24.4. The van der Waals surface area contributed by atoms with E-state index in [-0.39, 0.29) is 5.62 Å². The summed E-state index contributed by atoms with van der Waals surface area (Å²) in [5.41, 5.74) is -0.0417. The molecule has 0 heterocycles. The minimum absolute atomic E-state index is 0.0417. The van der Waals surface area contributed by atoms with Gasteiger partial charge in [0.25, 0.3) is 0 Å². The highest BCUT2D eigenvalue weighted by Crippen LogP contribution is 2.49. The summed E-state index contributed by atoms with van der Waals surface area (Å²) in [5.74, 6) is 0. The van der Waals surface area contributed by atoms with E-state index >= 15 is 0 Å². The first-order chi connectivity index (χ1) is 11.7. The van der Waals surface area contributed by atoms with Gasteiger partial charge in [-0.2, -0.15) is 0 Å². The highest BCUT2D eigenvalue weighted by molar-refractivity contribution is 7.55. The van der Waals surface area contributed by atoms with Gasteiger partial charge in [-0.3, -0.25) is 4.57 Å². The van der Waals surface area contributed by atoms with Crippen molar-refractivity contribution >= 4 is 19.2 Å². The fourth-order valence-corrected chi connectivity index (χ4v) is 4.07. The first-order valence-corrected chi connectivity index (χ1v) is 12.4. The van der Waals surface area contributed by atoms with E-state index < -0.39 is 7.60 Å². The second-order valence-corrected chi connectivity index (χ2v) is 9.33. The Kier molecular flexibility index (Phi) is 18.6. The van der Waals surface area contributed by atoms with Crippen LogP contribution >= 0.6 is 19.2 Å². The molecule has 0 aliphatic rings. The van der Waals surface area contributed by atoms with Crippen molar-refractivity contribution in [2.45, 2.75) is 104 Å². The molecule has 5 heteroatoms. The lowest BCUT2D eigenvalue weighted by atomic mass is 10.1. The zero-order valence-corrected chi connectivity index (χ0v) is 17.7. The molecule has 0 aliphatic carbocycles. The Balaban J connectivity index is 3.53. The summed E-state index contributed by atoms with van der Waals surface area (Å²) in [6.45, 7) is 5.44. The highest BCUT2D eigenvalue weighted by atomic mass is 35.5. The Bertz CT molecular complexity index is 276. The number of rotatable bonds is 19. The topological polar surface area (TPSA) is 35.5 Å². The van der Waals surface area contributed by atoms with Gasteiger partial charge in [-0.05, 0) is 12.8 Å². The average molecular weight is 383 g/mol. The van der Waals surface area contributed by atoms with Gasteiger partial charge in [0.1, 0.15) is 5.62 Å². The van der Waals surface area contributed by atoms with Crippen LogP contribution in [0.3, 0.4) is 0 Å². The van der Waals surface area contributed by atoms with E-state index in [0.717, 1.165) is 25.7 Å². The van der Waals surface area contributed by atoms with E-state index in [0.29, 0.717) is 13.2 Å². The fourth-order valence-electron chi connectivity index (χ4n) is 2.63. The van der Waals surface area contributed by atoms with E-state index in [4.69, 9.17) is 20.6 Å². The van der Waals surface area contributed by atoms with Crippen molar-refractivity contribution in [2.24, 2.45) is 0 Å². The second kappa shape index (κ2) is 18.2. The summed E-state index contributed by atoms with van der Waals surface area (Å²) in [6, 6.07) is 0. The minimum Gasteiger partial charge on any atom is -0.308 e. The molecule has 0 aromatic carbocycles. The Morgan fingerprint density at radius 3 is 1.29 bits per heavy atom. The van der Waals surface area contributed by atoms with Crippen LogP contribution in [-0.2, 0) is 13.6 Å². The van der Waals surface area contributed by atoms with Gasteiger partial charge in [-0.25, -0.2) is 0 Å². The van der Waals surface area contributed by atoms with Crippen molar-refractivity contribution in [3.8, 4) is 0 Å². The van der Waals surface area contributed by atoms with Crippen LogP contribution in [0.15, 0.2) is 0 Å². The van der Waals surface area contributed by atoms with Crippen LogP contribution in [0.5, 0.6) is 0 Å². The van der Waals surface area contributed by atoms with Gasteiger partial charge in [0, 0.05) is 0 Å². The zero-order chi connectivity index (χ0) is 17.9. The largest absolute Gasteiger partial charge is 0.345 e. The fraction of sp³-hybridized carbons (Fsp3) is 1.00. The number of unbranched alkanes of at least 4 members (excludes halogenated alkanes) is 12. The van der Waals surface area contributed by atoms with Crippen molar-refractivity contribution in [3.63, 3.8) is 0 Å². The monoisotopic (exact) mass is 382 g/mol. The summed E-state index contributed by atoms with van der Waals surface area (Å²) in [6.07, 6.45) is 17.0. The van der Waals surface area contributed by atoms with Gasteiger partial charge in [0.2, 0.25) is 0 Å². The summed E-state index contributed by atoms with van der Waals surface area (Å²) in [7, 11) is -3.07. The van der Waals surface area contributed by atoms with E-state index in [1.165, 1.54) is 64.2 Å². The molecule has 0 amide bonds. The summed E-state index contributed by atoms with van der Waals surface area (Å²) in [4.78, 5) is 0. The molecule has 146 valence electrons. The van der Waals surface area contributed by atoms with Crippen molar-refractivity contribution in [3.05, 3.63) is 0 Å². The van der Waals surface area contributed by atoms with E-state index in [1.54, 1.807) is 0 Å². The first-order valence-electron chi connectivity index (χ1n) is 10.1. The zero-order valence-electron chi connectivity index (χ0n) is 16.1. The molecule has 0 saturated carbocycles. The van der Waals surface area contributed by atoms with Gasteiger partial charge in [-0.1, -0.05) is 90.9 Å². The predicted molar refractivity (Wildman–Crippen MR) is 106 cm³/mol. The lowest BCUT2D eigenvalue weighted by Crippen LogP contribution is -2.01. The van der Waals surface area contributed by atoms with Crippen molar-refractivity contribution in [1.82, 2.24) is 0 Å². The van der Waals surface area contributed by atoms with Gasteiger partial charge < -0.3 is 9.05 Å². The molecule has 0 atom stereocenters. The smallest absolute Gasteiger partial charge is 0.308 e. The second-order valence-electron chi connectivity index (χ2n) is 6.64. The van der Waals surface area contributed by atoms with Crippen LogP contribution in [0.4, 0.5) is 0 Å². The molecule has 24 heavy (non-hydrogen) atoms. The maximum atomic E-state index is 12.4. The van der Waals surface area contributed by atoms with E-state index in [1.807, 2.05) is 0 Å². The van der Waals surface area contributed by atoms with E-state index in [2.05, 4.69) is 13.8 Å². The molecule has 0 aliphatic heterocycles.